The lowest BCUT2D eigenvalue weighted by molar-refractivity contribution is -0.113. The van der Waals surface area contributed by atoms with Crippen LogP contribution in [-0.4, -0.2) is 30.5 Å². The molecule has 1 aliphatic rings. The summed E-state index contributed by atoms with van der Waals surface area (Å²) in [6.07, 6.45) is 5.18. The molecule has 26 heavy (non-hydrogen) atoms. The maximum absolute atomic E-state index is 13.1. The molecule has 2 N–H and O–H groups in total. The minimum Gasteiger partial charge on any atom is -0.328 e. The minimum absolute atomic E-state index is 0.184. The number of anilines is 2. The number of nitrogens with zero attached hydrogens (tertiary/aromatic N) is 5. The first kappa shape index (κ1) is 16.1. The number of amides is 1. The van der Waals surface area contributed by atoms with Crippen LogP contribution in [0.4, 0.5) is 11.6 Å². The van der Waals surface area contributed by atoms with Gasteiger partial charge in [-0.25, -0.2) is 4.68 Å². The molecule has 1 aliphatic heterocycles. The number of carbonyl (C=O) groups excluding carboxylic acids is 1. The molecule has 0 saturated carbocycles. The van der Waals surface area contributed by atoms with Gasteiger partial charge in [0.1, 0.15) is 12.4 Å². The van der Waals surface area contributed by atoms with Gasteiger partial charge in [-0.1, -0.05) is 18.2 Å². The number of allylic oxidation sites excluding steroid dienone is 1. The summed E-state index contributed by atoms with van der Waals surface area (Å²) >= 11 is 0. The van der Waals surface area contributed by atoms with E-state index in [0.717, 1.165) is 23.5 Å². The fourth-order valence-corrected chi connectivity index (χ4v) is 3.11. The number of hydrogen-bond acceptors (Lipinski definition) is 5. The van der Waals surface area contributed by atoms with Gasteiger partial charge in [-0.05, 0) is 26.0 Å². The highest BCUT2D eigenvalue weighted by atomic mass is 16.1. The molecule has 4 rings (SSSR count). The number of para-hydroxylation sites is 1. The van der Waals surface area contributed by atoms with Gasteiger partial charge in [0, 0.05) is 29.7 Å². The quantitative estimate of drug-likeness (QED) is 0.755. The predicted molar refractivity (Wildman–Crippen MR) is 97.5 cm³/mol. The highest BCUT2D eigenvalue weighted by Crippen LogP contribution is 2.34. The summed E-state index contributed by atoms with van der Waals surface area (Å²) in [4.78, 5) is 17.3. The molecule has 0 saturated heterocycles. The zero-order valence-electron chi connectivity index (χ0n) is 14.5. The summed E-state index contributed by atoms with van der Waals surface area (Å²) in [7, 11) is 0. The van der Waals surface area contributed by atoms with Gasteiger partial charge in [-0.3, -0.25) is 9.48 Å². The number of aromatic nitrogens is 5. The normalized spacial score (nSPS) is 16.2. The third-order valence-electron chi connectivity index (χ3n) is 4.36. The number of aryl methyl sites for hydroxylation is 1. The van der Waals surface area contributed by atoms with E-state index in [4.69, 9.17) is 0 Å². The van der Waals surface area contributed by atoms with Crippen molar-refractivity contribution in [1.29, 1.82) is 0 Å². The molecule has 2 aromatic heterocycles. The first-order chi connectivity index (χ1) is 12.7. The van der Waals surface area contributed by atoms with Gasteiger partial charge in [-0.15, -0.1) is 0 Å². The Morgan fingerprint density at radius 3 is 2.81 bits per heavy atom. The van der Waals surface area contributed by atoms with Crippen molar-refractivity contribution in [3.63, 3.8) is 0 Å². The van der Waals surface area contributed by atoms with Crippen molar-refractivity contribution in [3.8, 4) is 0 Å². The van der Waals surface area contributed by atoms with E-state index < -0.39 is 6.04 Å². The standard InChI is InChI=1S/C18H19N7O/c1-3-24-10-13(9-20-24)16-15(12(2)22-18-19-11-21-25(16)18)17(26)23-14-7-5-4-6-8-14/h4-11,16H,3H2,1-2H3,(H,23,26)(H,19,21,22). The molecular formula is C18H19N7O. The average molecular weight is 349 g/mol. The third-order valence-corrected chi connectivity index (χ3v) is 4.36. The van der Waals surface area contributed by atoms with E-state index in [1.165, 1.54) is 6.33 Å². The van der Waals surface area contributed by atoms with Crippen LogP contribution in [0.2, 0.25) is 0 Å². The molecule has 0 bridgehead atoms. The summed E-state index contributed by atoms with van der Waals surface area (Å²) < 4.78 is 3.54. The van der Waals surface area contributed by atoms with Crippen LogP contribution in [0.1, 0.15) is 25.5 Å². The van der Waals surface area contributed by atoms with Crippen LogP contribution in [0.3, 0.4) is 0 Å². The number of rotatable bonds is 4. The zero-order chi connectivity index (χ0) is 18.1. The molecule has 1 unspecified atom stereocenters. The van der Waals surface area contributed by atoms with Gasteiger partial charge < -0.3 is 10.6 Å². The van der Waals surface area contributed by atoms with Crippen LogP contribution >= 0.6 is 0 Å². The summed E-state index contributed by atoms with van der Waals surface area (Å²) in [6.45, 7) is 4.64. The van der Waals surface area contributed by atoms with Gasteiger partial charge in [0.25, 0.3) is 5.91 Å². The number of nitrogens with one attached hydrogen (secondary N) is 2. The maximum atomic E-state index is 13.1. The molecule has 1 aromatic carbocycles. The average Bonchev–Trinajstić information content (AvgIpc) is 3.30. The Hall–Kier alpha value is -3.42. The third kappa shape index (κ3) is 2.75. The molecule has 8 nitrogen and oxygen atoms in total. The lowest BCUT2D eigenvalue weighted by atomic mass is 9.97. The van der Waals surface area contributed by atoms with Crippen molar-refractivity contribution in [2.75, 3.05) is 10.6 Å². The lowest BCUT2D eigenvalue weighted by Gasteiger charge is -2.27. The van der Waals surface area contributed by atoms with Gasteiger partial charge >= 0.3 is 0 Å². The van der Waals surface area contributed by atoms with E-state index in [-0.39, 0.29) is 5.91 Å². The van der Waals surface area contributed by atoms with Crippen LogP contribution in [0.5, 0.6) is 0 Å². The Bertz CT molecular complexity index is 970. The first-order valence-electron chi connectivity index (χ1n) is 8.43. The minimum atomic E-state index is -0.391. The topological polar surface area (TPSA) is 89.7 Å². The van der Waals surface area contributed by atoms with E-state index in [9.17, 15) is 4.79 Å². The molecule has 0 fully saturated rings. The number of benzene rings is 1. The molecule has 0 spiro atoms. The van der Waals surface area contributed by atoms with Crippen molar-refractivity contribution < 1.29 is 4.79 Å². The summed E-state index contributed by atoms with van der Waals surface area (Å²) in [6, 6.07) is 9.00. The molecule has 8 heteroatoms. The second-order valence-corrected chi connectivity index (χ2v) is 6.04. The molecule has 0 radical (unpaired) electrons. The van der Waals surface area contributed by atoms with Crippen molar-refractivity contribution in [3.05, 3.63) is 65.9 Å². The van der Waals surface area contributed by atoms with Crippen molar-refractivity contribution >= 4 is 17.5 Å². The molecule has 1 amide bonds. The highest BCUT2D eigenvalue weighted by molar-refractivity contribution is 6.05. The lowest BCUT2D eigenvalue weighted by Crippen LogP contribution is -2.31. The van der Waals surface area contributed by atoms with Crippen LogP contribution < -0.4 is 10.6 Å². The van der Waals surface area contributed by atoms with Crippen molar-refractivity contribution in [1.82, 2.24) is 24.5 Å². The van der Waals surface area contributed by atoms with Crippen LogP contribution in [0.15, 0.2) is 60.3 Å². The molecule has 0 aliphatic carbocycles. The number of carbonyl (C=O) groups is 1. The van der Waals surface area contributed by atoms with Gasteiger partial charge in [0.2, 0.25) is 5.95 Å². The van der Waals surface area contributed by atoms with Crippen molar-refractivity contribution in [2.45, 2.75) is 26.4 Å². The van der Waals surface area contributed by atoms with Gasteiger partial charge in [0.05, 0.1) is 11.8 Å². The van der Waals surface area contributed by atoms with Gasteiger partial charge in [0.15, 0.2) is 0 Å². The highest BCUT2D eigenvalue weighted by Gasteiger charge is 2.34. The largest absolute Gasteiger partial charge is 0.328 e. The molecule has 1 atom stereocenters. The molecular weight excluding hydrogens is 330 g/mol. The number of hydrogen-bond donors (Lipinski definition) is 2. The Labute approximate surface area is 150 Å². The summed E-state index contributed by atoms with van der Waals surface area (Å²) in [5.74, 6) is 0.421. The van der Waals surface area contributed by atoms with Crippen LogP contribution in [-0.2, 0) is 11.3 Å². The van der Waals surface area contributed by atoms with Gasteiger partial charge in [-0.2, -0.15) is 15.2 Å². The SMILES string of the molecule is CCn1cc(C2C(C(=O)Nc3ccccc3)=C(C)Nc3ncnn32)cn1. The van der Waals surface area contributed by atoms with Crippen LogP contribution in [0, 0.1) is 0 Å². The second-order valence-electron chi connectivity index (χ2n) is 6.04. The fraction of sp³-hybridized carbons (Fsp3) is 0.222. The van der Waals surface area contributed by atoms with E-state index in [0.29, 0.717) is 11.5 Å². The fourth-order valence-electron chi connectivity index (χ4n) is 3.11. The number of fused-ring (bicyclic) bond motifs is 1. The Balaban J connectivity index is 1.75. The van der Waals surface area contributed by atoms with E-state index >= 15 is 0 Å². The maximum Gasteiger partial charge on any atom is 0.255 e. The van der Waals surface area contributed by atoms with Crippen LogP contribution in [0.25, 0.3) is 0 Å². The second kappa shape index (κ2) is 6.47. The molecule has 132 valence electrons. The Morgan fingerprint density at radius 1 is 1.27 bits per heavy atom. The predicted octanol–water partition coefficient (Wildman–Crippen LogP) is 2.42. The molecule has 3 aromatic rings. The van der Waals surface area contributed by atoms with Crippen molar-refractivity contribution in [2.24, 2.45) is 0 Å². The van der Waals surface area contributed by atoms with E-state index in [1.54, 1.807) is 10.9 Å². The Kier molecular flexibility index (Phi) is 4.00. The zero-order valence-corrected chi connectivity index (χ0v) is 14.5. The smallest absolute Gasteiger partial charge is 0.255 e. The molecule has 3 heterocycles. The van der Waals surface area contributed by atoms with E-state index in [1.807, 2.05) is 55.1 Å². The first-order valence-corrected chi connectivity index (χ1v) is 8.43. The summed E-state index contributed by atoms with van der Waals surface area (Å²) in [5.41, 5.74) is 2.96. The monoisotopic (exact) mass is 349 g/mol. The Morgan fingerprint density at radius 2 is 2.08 bits per heavy atom. The van der Waals surface area contributed by atoms with E-state index in [2.05, 4.69) is 25.8 Å². The summed E-state index contributed by atoms with van der Waals surface area (Å²) in [5, 5.41) is 14.8.